The first-order valence-corrected chi connectivity index (χ1v) is 5.93. The molecule has 0 saturated heterocycles. The minimum Gasteiger partial charge on any atom is -0.492 e. The van der Waals surface area contributed by atoms with Gasteiger partial charge in [0.1, 0.15) is 0 Å². The van der Waals surface area contributed by atoms with Gasteiger partial charge >= 0.3 is 0 Å². The van der Waals surface area contributed by atoms with Gasteiger partial charge in [0.05, 0.1) is 7.11 Å². The summed E-state index contributed by atoms with van der Waals surface area (Å²) in [5.41, 5.74) is 2.55. The highest BCUT2D eigenvalue weighted by Crippen LogP contribution is 2.47. The van der Waals surface area contributed by atoms with Crippen LogP contribution in [0.4, 0.5) is 0 Å². The van der Waals surface area contributed by atoms with E-state index in [2.05, 4.69) is 18.0 Å². The van der Waals surface area contributed by atoms with Crippen molar-refractivity contribution in [1.82, 2.24) is 4.90 Å². The number of rotatable bonds is 1. The molecule has 0 fully saturated rings. The highest BCUT2D eigenvalue weighted by Gasteiger charge is 2.30. The van der Waals surface area contributed by atoms with Crippen molar-refractivity contribution < 1.29 is 14.2 Å². The van der Waals surface area contributed by atoms with Crippen molar-refractivity contribution in [1.29, 1.82) is 0 Å². The molecule has 1 unspecified atom stereocenters. The standard InChI is InChI=1S/C13H17NO3/c1-8-16-11-6-9-4-5-14(2)7-10(9)12(15-3)13(11)17-8/h6,8H,4-5,7H2,1-3H3. The summed E-state index contributed by atoms with van der Waals surface area (Å²) in [6, 6.07) is 2.10. The maximum absolute atomic E-state index is 5.66. The van der Waals surface area contributed by atoms with E-state index in [1.54, 1.807) is 7.11 Å². The van der Waals surface area contributed by atoms with Gasteiger partial charge in [-0.3, -0.25) is 0 Å². The van der Waals surface area contributed by atoms with Crippen LogP contribution in [0.5, 0.6) is 17.2 Å². The Labute approximate surface area is 101 Å². The number of nitrogens with zero attached hydrogens (tertiary/aromatic N) is 1. The van der Waals surface area contributed by atoms with Crippen LogP contribution in [0.1, 0.15) is 18.1 Å². The second kappa shape index (κ2) is 3.81. The van der Waals surface area contributed by atoms with Crippen LogP contribution in [0, 0.1) is 0 Å². The molecule has 1 atom stereocenters. The number of benzene rings is 1. The Morgan fingerprint density at radius 1 is 1.41 bits per heavy atom. The maximum atomic E-state index is 5.66. The van der Waals surface area contributed by atoms with Gasteiger partial charge in [-0.1, -0.05) is 0 Å². The Kier molecular flexibility index (Phi) is 2.40. The SMILES string of the molecule is COc1c2c(cc3c1OC(C)O3)CCN(C)C2. The topological polar surface area (TPSA) is 30.9 Å². The Morgan fingerprint density at radius 3 is 3.00 bits per heavy atom. The lowest BCUT2D eigenvalue weighted by atomic mass is 9.98. The predicted octanol–water partition coefficient (Wildman–Crippen LogP) is 1.80. The second-order valence-corrected chi connectivity index (χ2v) is 4.67. The van der Waals surface area contributed by atoms with Gasteiger partial charge in [-0.2, -0.15) is 0 Å². The third-order valence-corrected chi connectivity index (χ3v) is 3.37. The lowest BCUT2D eigenvalue weighted by molar-refractivity contribution is 0.0663. The number of likely N-dealkylation sites (N-methyl/N-ethyl adjacent to an activating group) is 1. The van der Waals surface area contributed by atoms with E-state index in [0.29, 0.717) is 0 Å². The molecular weight excluding hydrogens is 218 g/mol. The second-order valence-electron chi connectivity index (χ2n) is 4.67. The summed E-state index contributed by atoms with van der Waals surface area (Å²) >= 11 is 0. The Bertz CT molecular complexity index is 458. The molecule has 3 rings (SSSR count). The van der Waals surface area contributed by atoms with E-state index in [0.717, 1.165) is 36.8 Å². The van der Waals surface area contributed by atoms with Crippen molar-refractivity contribution in [2.75, 3.05) is 20.7 Å². The third kappa shape index (κ3) is 1.63. The predicted molar refractivity (Wildman–Crippen MR) is 63.8 cm³/mol. The number of methoxy groups -OCH3 is 1. The molecule has 0 N–H and O–H groups in total. The fourth-order valence-corrected chi connectivity index (χ4v) is 2.55. The zero-order valence-corrected chi connectivity index (χ0v) is 10.4. The fraction of sp³-hybridized carbons (Fsp3) is 0.538. The van der Waals surface area contributed by atoms with E-state index < -0.39 is 0 Å². The fourth-order valence-electron chi connectivity index (χ4n) is 2.55. The summed E-state index contributed by atoms with van der Waals surface area (Å²) in [4.78, 5) is 2.29. The zero-order chi connectivity index (χ0) is 12.0. The van der Waals surface area contributed by atoms with Gasteiger partial charge in [-0.05, 0) is 25.1 Å². The van der Waals surface area contributed by atoms with Gasteiger partial charge in [0, 0.05) is 25.6 Å². The molecule has 0 aliphatic carbocycles. The van der Waals surface area contributed by atoms with E-state index in [9.17, 15) is 0 Å². The van der Waals surface area contributed by atoms with Gasteiger partial charge < -0.3 is 19.1 Å². The molecule has 0 radical (unpaired) electrons. The average Bonchev–Trinajstić information content (AvgIpc) is 2.66. The van der Waals surface area contributed by atoms with Crippen molar-refractivity contribution in [3.05, 3.63) is 17.2 Å². The van der Waals surface area contributed by atoms with E-state index in [1.807, 2.05) is 6.92 Å². The molecule has 4 nitrogen and oxygen atoms in total. The lowest BCUT2D eigenvalue weighted by Gasteiger charge is -2.26. The van der Waals surface area contributed by atoms with Crippen LogP contribution in [0.3, 0.4) is 0 Å². The normalized spacial score (nSPS) is 22.4. The van der Waals surface area contributed by atoms with Gasteiger partial charge in [0.15, 0.2) is 11.5 Å². The number of ether oxygens (including phenoxy) is 3. The first-order valence-electron chi connectivity index (χ1n) is 5.93. The molecule has 17 heavy (non-hydrogen) atoms. The molecule has 2 heterocycles. The number of fused-ring (bicyclic) bond motifs is 2. The van der Waals surface area contributed by atoms with E-state index in [-0.39, 0.29) is 6.29 Å². The largest absolute Gasteiger partial charge is 0.492 e. The van der Waals surface area contributed by atoms with Gasteiger partial charge in [0.25, 0.3) is 0 Å². The highest BCUT2D eigenvalue weighted by molar-refractivity contribution is 5.60. The summed E-state index contributed by atoms with van der Waals surface area (Å²) in [7, 11) is 3.81. The Balaban J connectivity index is 2.13. The highest BCUT2D eigenvalue weighted by atomic mass is 16.7. The lowest BCUT2D eigenvalue weighted by Crippen LogP contribution is -2.26. The molecule has 2 aliphatic heterocycles. The van der Waals surface area contributed by atoms with Crippen molar-refractivity contribution in [3.63, 3.8) is 0 Å². The van der Waals surface area contributed by atoms with Gasteiger partial charge in [-0.15, -0.1) is 0 Å². The first kappa shape index (κ1) is 10.7. The summed E-state index contributed by atoms with van der Waals surface area (Å²) in [5.74, 6) is 2.42. The van der Waals surface area contributed by atoms with E-state index in [4.69, 9.17) is 14.2 Å². The molecule has 92 valence electrons. The Hall–Kier alpha value is -1.42. The summed E-state index contributed by atoms with van der Waals surface area (Å²) < 4.78 is 16.8. The molecule has 2 aliphatic rings. The molecule has 0 amide bonds. The van der Waals surface area contributed by atoms with Crippen LogP contribution in [0.25, 0.3) is 0 Å². The minimum atomic E-state index is -0.222. The summed E-state index contributed by atoms with van der Waals surface area (Å²) in [5, 5.41) is 0. The van der Waals surface area contributed by atoms with Crippen LogP contribution in [-0.4, -0.2) is 31.9 Å². The Morgan fingerprint density at radius 2 is 2.24 bits per heavy atom. The monoisotopic (exact) mass is 235 g/mol. The van der Waals surface area contributed by atoms with Crippen LogP contribution < -0.4 is 14.2 Å². The number of hydrogen-bond donors (Lipinski definition) is 0. The third-order valence-electron chi connectivity index (χ3n) is 3.37. The smallest absolute Gasteiger partial charge is 0.239 e. The van der Waals surface area contributed by atoms with Crippen LogP contribution in [-0.2, 0) is 13.0 Å². The van der Waals surface area contributed by atoms with Gasteiger partial charge in [0.2, 0.25) is 12.0 Å². The van der Waals surface area contributed by atoms with Crippen molar-refractivity contribution in [2.45, 2.75) is 26.2 Å². The molecule has 0 saturated carbocycles. The van der Waals surface area contributed by atoms with E-state index in [1.165, 1.54) is 11.1 Å². The molecular formula is C13H17NO3. The van der Waals surface area contributed by atoms with Crippen LogP contribution >= 0.6 is 0 Å². The molecule has 4 heteroatoms. The summed E-state index contributed by atoms with van der Waals surface area (Å²) in [6.07, 6.45) is 0.813. The van der Waals surface area contributed by atoms with Gasteiger partial charge in [-0.25, -0.2) is 0 Å². The minimum absolute atomic E-state index is 0.222. The zero-order valence-electron chi connectivity index (χ0n) is 10.4. The van der Waals surface area contributed by atoms with Crippen molar-refractivity contribution in [2.24, 2.45) is 0 Å². The van der Waals surface area contributed by atoms with Crippen LogP contribution in [0.15, 0.2) is 6.07 Å². The number of hydrogen-bond acceptors (Lipinski definition) is 4. The molecule has 0 spiro atoms. The van der Waals surface area contributed by atoms with Crippen molar-refractivity contribution >= 4 is 0 Å². The van der Waals surface area contributed by atoms with E-state index >= 15 is 0 Å². The quantitative estimate of drug-likeness (QED) is 0.742. The maximum Gasteiger partial charge on any atom is 0.239 e. The van der Waals surface area contributed by atoms with Crippen LogP contribution in [0.2, 0.25) is 0 Å². The molecule has 1 aromatic rings. The molecule has 0 bridgehead atoms. The first-order chi connectivity index (χ1) is 8.19. The average molecular weight is 235 g/mol. The molecule has 0 aromatic heterocycles. The van der Waals surface area contributed by atoms with Crippen molar-refractivity contribution in [3.8, 4) is 17.2 Å². The summed E-state index contributed by atoms with van der Waals surface area (Å²) in [6.45, 7) is 3.87. The molecule has 1 aromatic carbocycles.